The fraction of sp³-hybridized carbons (Fsp3) is 0.556. The second kappa shape index (κ2) is 5.10. The highest BCUT2D eigenvalue weighted by atomic mass is 16.6. The van der Waals surface area contributed by atoms with Crippen LogP contribution in [-0.2, 0) is 4.74 Å². The van der Waals surface area contributed by atoms with Gasteiger partial charge in [0.15, 0.2) is 0 Å². The number of aliphatic hydroxyl groups is 1. The molecule has 1 rings (SSSR count). The summed E-state index contributed by atoms with van der Waals surface area (Å²) in [6, 6.07) is 0. The summed E-state index contributed by atoms with van der Waals surface area (Å²) in [6.45, 7) is 0.492. The molecular formula is C9H14O2. The molecule has 62 valence electrons. The van der Waals surface area contributed by atoms with Crippen LogP contribution in [0.2, 0.25) is 0 Å². The van der Waals surface area contributed by atoms with Gasteiger partial charge in [0.2, 0.25) is 0 Å². The van der Waals surface area contributed by atoms with Crippen molar-refractivity contribution in [2.24, 2.45) is 5.92 Å². The van der Waals surface area contributed by atoms with Gasteiger partial charge in [-0.05, 0) is 18.8 Å². The molecule has 0 heterocycles. The number of aliphatic hydroxyl groups excluding tert-OH is 1. The van der Waals surface area contributed by atoms with Crippen LogP contribution in [0.3, 0.4) is 0 Å². The van der Waals surface area contributed by atoms with Crippen LogP contribution >= 0.6 is 0 Å². The molecule has 0 fully saturated rings. The molecule has 2 heteroatoms. The molecular weight excluding hydrogens is 140 g/mol. The van der Waals surface area contributed by atoms with Crippen LogP contribution in [0.1, 0.15) is 12.8 Å². The molecule has 2 nitrogen and oxygen atoms in total. The first kappa shape index (κ1) is 8.50. The predicted octanol–water partition coefficient (Wildman–Crippen LogP) is 1.48. The molecule has 0 bridgehead atoms. The van der Waals surface area contributed by atoms with E-state index in [0.717, 1.165) is 12.8 Å². The van der Waals surface area contributed by atoms with Crippen LogP contribution in [0.4, 0.5) is 0 Å². The molecule has 0 saturated carbocycles. The average Bonchev–Trinajstić information content (AvgIpc) is 2.07. The fourth-order valence-electron chi connectivity index (χ4n) is 1.15. The minimum atomic E-state index is -0.160. The Kier molecular flexibility index (Phi) is 3.94. The van der Waals surface area contributed by atoms with E-state index >= 15 is 0 Å². The standard InChI is InChI=1S/C9H14O2/c10-8-11-7-6-9-4-2-1-3-5-9/h1-4,9-10H,5-8H2. The third-order valence-corrected chi connectivity index (χ3v) is 1.79. The van der Waals surface area contributed by atoms with E-state index in [1.54, 1.807) is 0 Å². The molecule has 0 aliphatic heterocycles. The summed E-state index contributed by atoms with van der Waals surface area (Å²) in [7, 11) is 0. The van der Waals surface area contributed by atoms with E-state index in [4.69, 9.17) is 9.84 Å². The normalized spacial score (nSPS) is 22.5. The number of allylic oxidation sites excluding steroid dienone is 4. The van der Waals surface area contributed by atoms with Crippen molar-refractivity contribution in [3.63, 3.8) is 0 Å². The Labute approximate surface area is 67.2 Å². The summed E-state index contributed by atoms with van der Waals surface area (Å²) in [5, 5.41) is 8.34. The van der Waals surface area contributed by atoms with Crippen LogP contribution in [0.15, 0.2) is 24.3 Å². The molecule has 0 aromatic heterocycles. The summed E-state index contributed by atoms with van der Waals surface area (Å²) in [6.07, 6.45) is 10.6. The topological polar surface area (TPSA) is 29.5 Å². The zero-order chi connectivity index (χ0) is 7.94. The zero-order valence-electron chi connectivity index (χ0n) is 6.57. The molecule has 0 aromatic carbocycles. The van der Waals surface area contributed by atoms with Crippen molar-refractivity contribution in [1.82, 2.24) is 0 Å². The summed E-state index contributed by atoms with van der Waals surface area (Å²) >= 11 is 0. The molecule has 1 unspecified atom stereocenters. The maximum atomic E-state index is 8.34. The molecule has 1 N–H and O–H groups in total. The molecule has 1 aliphatic carbocycles. The minimum absolute atomic E-state index is 0.160. The van der Waals surface area contributed by atoms with Gasteiger partial charge in [-0.3, -0.25) is 0 Å². The van der Waals surface area contributed by atoms with E-state index in [0.29, 0.717) is 12.5 Å². The lowest BCUT2D eigenvalue weighted by Crippen LogP contribution is -2.04. The second-order valence-electron chi connectivity index (χ2n) is 2.63. The van der Waals surface area contributed by atoms with Crippen LogP contribution in [0.25, 0.3) is 0 Å². The van der Waals surface area contributed by atoms with Gasteiger partial charge in [-0.15, -0.1) is 0 Å². The number of hydrogen-bond donors (Lipinski definition) is 1. The third kappa shape index (κ3) is 3.35. The lowest BCUT2D eigenvalue weighted by atomic mass is 9.98. The van der Waals surface area contributed by atoms with Crippen molar-refractivity contribution in [2.45, 2.75) is 12.8 Å². The van der Waals surface area contributed by atoms with Crippen molar-refractivity contribution < 1.29 is 9.84 Å². The van der Waals surface area contributed by atoms with E-state index in [9.17, 15) is 0 Å². The number of ether oxygens (including phenoxy) is 1. The molecule has 0 aromatic rings. The van der Waals surface area contributed by atoms with Crippen LogP contribution in [0.5, 0.6) is 0 Å². The highest BCUT2D eigenvalue weighted by Crippen LogP contribution is 2.14. The first-order valence-electron chi connectivity index (χ1n) is 3.95. The van der Waals surface area contributed by atoms with Gasteiger partial charge in [0, 0.05) is 6.61 Å². The van der Waals surface area contributed by atoms with E-state index in [1.165, 1.54) is 0 Å². The number of hydrogen-bond acceptors (Lipinski definition) is 2. The first-order valence-corrected chi connectivity index (χ1v) is 3.95. The Morgan fingerprint density at radius 1 is 1.45 bits per heavy atom. The van der Waals surface area contributed by atoms with Gasteiger partial charge in [0.05, 0.1) is 0 Å². The molecule has 0 amide bonds. The first-order chi connectivity index (χ1) is 5.43. The minimum Gasteiger partial charge on any atom is -0.371 e. The van der Waals surface area contributed by atoms with Gasteiger partial charge in [-0.25, -0.2) is 0 Å². The van der Waals surface area contributed by atoms with Crippen molar-refractivity contribution in [2.75, 3.05) is 13.4 Å². The lowest BCUT2D eigenvalue weighted by molar-refractivity contribution is -0.00497. The Hall–Kier alpha value is -0.600. The molecule has 1 aliphatic rings. The molecule has 0 radical (unpaired) electrons. The summed E-state index contributed by atoms with van der Waals surface area (Å²) in [5.74, 6) is 0.603. The maximum absolute atomic E-state index is 8.34. The zero-order valence-corrected chi connectivity index (χ0v) is 6.57. The number of rotatable bonds is 4. The summed E-state index contributed by atoms with van der Waals surface area (Å²) in [4.78, 5) is 0. The Morgan fingerprint density at radius 2 is 2.36 bits per heavy atom. The van der Waals surface area contributed by atoms with Gasteiger partial charge >= 0.3 is 0 Å². The van der Waals surface area contributed by atoms with E-state index in [-0.39, 0.29) is 6.79 Å². The SMILES string of the molecule is OCOCCC1C=CC=CC1. The highest BCUT2D eigenvalue weighted by molar-refractivity contribution is 5.10. The van der Waals surface area contributed by atoms with Crippen molar-refractivity contribution in [1.29, 1.82) is 0 Å². The molecule has 0 spiro atoms. The summed E-state index contributed by atoms with van der Waals surface area (Å²) < 4.78 is 4.83. The quantitative estimate of drug-likeness (QED) is 0.491. The lowest BCUT2D eigenvalue weighted by Gasteiger charge is -2.11. The van der Waals surface area contributed by atoms with Crippen molar-refractivity contribution in [3.8, 4) is 0 Å². The summed E-state index contributed by atoms with van der Waals surface area (Å²) in [5.41, 5.74) is 0. The average molecular weight is 154 g/mol. The van der Waals surface area contributed by atoms with Gasteiger partial charge in [-0.1, -0.05) is 24.3 Å². The van der Waals surface area contributed by atoms with Gasteiger partial charge in [0.1, 0.15) is 6.79 Å². The van der Waals surface area contributed by atoms with Gasteiger partial charge in [-0.2, -0.15) is 0 Å². The van der Waals surface area contributed by atoms with E-state index < -0.39 is 0 Å². The largest absolute Gasteiger partial charge is 0.371 e. The monoisotopic (exact) mass is 154 g/mol. The maximum Gasteiger partial charge on any atom is 0.143 e. The Bertz CT molecular complexity index is 150. The fourth-order valence-corrected chi connectivity index (χ4v) is 1.15. The Balaban J connectivity index is 2.07. The van der Waals surface area contributed by atoms with E-state index in [1.807, 2.05) is 0 Å². The smallest absolute Gasteiger partial charge is 0.143 e. The van der Waals surface area contributed by atoms with Gasteiger partial charge < -0.3 is 9.84 Å². The molecule has 0 saturated heterocycles. The van der Waals surface area contributed by atoms with Crippen LogP contribution in [0, 0.1) is 5.92 Å². The predicted molar refractivity (Wildman–Crippen MR) is 44.0 cm³/mol. The van der Waals surface area contributed by atoms with Gasteiger partial charge in [0.25, 0.3) is 0 Å². The van der Waals surface area contributed by atoms with Crippen molar-refractivity contribution in [3.05, 3.63) is 24.3 Å². The molecule has 11 heavy (non-hydrogen) atoms. The van der Waals surface area contributed by atoms with Crippen molar-refractivity contribution >= 4 is 0 Å². The van der Waals surface area contributed by atoms with Crippen LogP contribution in [-0.4, -0.2) is 18.5 Å². The third-order valence-electron chi connectivity index (χ3n) is 1.79. The Morgan fingerprint density at radius 3 is 3.00 bits per heavy atom. The second-order valence-corrected chi connectivity index (χ2v) is 2.63. The van der Waals surface area contributed by atoms with Crippen LogP contribution < -0.4 is 0 Å². The van der Waals surface area contributed by atoms with E-state index in [2.05, 4.69) is 24.3 Å². The highest BCUT2D eigenvalue weighted by Gasteiger charge is 2.03. The molecule has 1 atom stereocenters.